The van der Waals surface area contributed by atoms with Gasteiger partial charge in [0.1, 0.15) is 11.8 Å². The summed E-state index contributed by atoms with van der Waals surface area (Å²) in [4.78, 5) is 12.1. The summed E-state index contributed by atoms with van der Waals surface area (Å²) in [6.07, 6.45) is 1.18. The Labute approximate surface area is 124 Å². The van der Waals surface area contributed by atoms with Gasteiger partial charge in [-0.25, -0.2) is 8.42 Å². The van der Waals surface area contributed by atoms with Gasteiger partial charge in [-0.05, 0) is 30.2 Å². The van der Waals surface area contributed by atoms with Crippen molar-refractivity contribution in [3.63, 3.8) is 0 Å². The molecule has 2 aliphatic rings. The van der Waals surface area contributed by atoms with E-state index in [-0.39, 0.29) is 10.8 Å². The summed E-state index contributed by atoms with van der Waals surface area (Å²) < 4.78 is 32.3. The van der Waals surface area contributed by atoms with Gasteiger partial charge in [-0.3, -0.25) is 4.79 Å². The molecule has 0 spiro atoms. The number of hydrogen-bond donors (Lipinski definition) is 1. The summed E-state index contributed by atoms with van der Waals surface area (Å²) >= 11 is 0. The van der Waals surface area contributed by atoms with Gasteiger partial charge in [0.25, 0.3) is 0 Å². The van der Waals surface area contributed by atoms with Crippen molar-refractivity contribution in [3.05, 3.63) is 23.8 Å². The van der Waals surface area contributed by atoms with E-state index >= 15 is 0 Å². The number of carbonyl (C=O) groups is 1. The lowest BCUT2D eigenvalue weighted by Crippen LogP contribution is -2.56. The van der Waals surface area contributed by atoms with Crippen molar-refractivity contribution in [2.45, 2.75) is 30.7 Å². The van der Waals surface area contributed by atoms with Crippen LogP contribution in [-0.2, 0) is 21.2 Å². The van der Waals surface area contributed by atoms with Gasteiger partial charge in [-0.15, -0.1) is 0 Å². The van der Waals surface area contributed by atoms with Gasteiger partial charge in [-0.1, -0.05) is 6.92 Å². The summed E-state index contributed by atoms with van der Waals surface area (Å²) in [7, 11) is -3.66. The molecule has 6 nitrogen and oxygen atoms in total. The Bertz CT molecular complexity index is 672. The lowest BCUT2D eigenvalue weighted by molar-refractivity contribution is -0.126. The molecule has 7 heteroatoms. The van der Waals surface area contributed by atoms with Crippen molar-refractivity contribution in [1.29, 1.82) is 0 Å². The number of nitrogens with one attached hydrogen (secondary N) is 1. The molecule has 1 aromatic carbocycles. The van der Waals surface area contributed by atoms with Crippen LogP contribution in [0.5, 0.6) is 5.75 Å². The van der Waals surface area contributed by atoms with Crippen LogP contribution in [0.2, 0.25) is 0 Å². The zero-order valence-corrected chi connectivity index (χ0v) is 12.6. The first-order valence-corrected chi connectivity index (χ1v) is 8.53. The minimum atomic E-state index is -3.66. The standard InChI is InChI=1S/C14H18N2O4S/c1-2-12-14(17)15-6-7-16(12)21(18,19)11-3-4-13-10(9-11)5-8-20-13/h3-4,9,12H,2,5-8H2,1H3,(H,15,17). The maximum Gasteiger partial charge on any atom is 0.243 e. The van der Waals surface area contributed by atoms with E-state index in [0.717, 1.165) is 17.7 Å². The largest absolute Gasteiger partial charge is 0.493 e. The van der Waals surface area contributed by atoms with E-state index in [9.17, 15) is 13.2 Å². The van der Waals surface area contributed by atoms with E-state index < -0.39 is 16.1 Å². The molecule has 1 atom stereocenters. The van der Waals surface area contributed by atoms with Crippen molar-refractivity contribution in [2.75, 3.05) is 19.7 Å². The van der Waals surface area contributed by atoms with Gasteiger partial charge >= 0.3 is 0 Å². The maximum absolute atomic E-state index is 12.8. The molecule has 1 aromatic rings. The quantitative estimate of drug-likeness (QED) is 0.883. The highest BCUT2D eigenvalue weighted by atomic mass is 32.2. The minimum Gasteiger partial charge on any atom is -0.493 e. The second kappa shape index (κ2) is 5.31. The molecule has 114 valence electrons. The summed E-state index contributed by atoms with van der Waals surface area (Å²) in [6, 6.07) is 4.28. The van der Waals surface area contributed by atoms with Gasteiger partial charge < -0.3 is 10.1 Å². The van der Waals surface area contributed by atoms with Crippen LogP contribution in [0.1, 0.15) is 18.9 Å². The van der Waals surface area contributed by atoms with E-state index in [0.29, 0.717) is 26.1 Å². The molecule has 0 saturated carbocycles. The highest BCUT2D eigenvalue weighted by Gasteiger charge is 2.37. The highest BCUT2D eigenvalue weighted by molar-refractivity contribution is 7.89. The lowest BCUT2D eigenvalue weighted by Gasteiger charge is -2.33. The fourth-order valence-electron chi connectivity index (χ4n) is 2.83. The number of amides is 1. The molecule has 0 aromatic heterocycles. The molecule has 2 aliphatic heterocycles. The Morgan fingerprint density at radius 2 is 2.24 bits per heavy atom. The Kier molecular flexibility index (Phi) is 3.62. The Balaban J connectivity index is 1.97. The van der Waals surface area contributed by atoms with Gasteiger partial charge in [0.2, 0.25) is 15.9 Å². The molecule has 1 saturated heterocycles. The fourth-order valence-corrected chi connectivity index (χ4v) is 4.54. The third-order valence-electron chi connectivity index (χ3n) is 3.94. The van der Waals surface area contributed by atoms with Crippen LogP contribution < -0.4 is 10.1 Å². The summed E-state index contributed by atoms with van der Waals surface area (Å²) in [5.41, 5.74) is 0.908. The molecule has 2 heterocycles. The van der Waals surface area contributed by atoms with Crippen LogP contribution in [0.3, 0.4) is 0 Å². The van der Waals surface area contributed by atoms with E-state index in [2.05, 4.69) is 5.32 Å². The number of sulfonamides is 1. The number of piperazine rings is 1. The molecule has 21 heavy (non-hydrogen) atoms. The monoisotopic (exact) mass is 310 g/mol. The molecule has 0 aliphatic carbocycles. The van der Waals surface area contributed by atoms with Gasteiger partial charge in [0.15, 0.2) is 0 Å². The third kappa shape index (κ3) is 2.40. The van der Waals surface area contributed by atoms with E-state index in [4.69, 9.17) is 4.74 Å². The smallest absolute Gasteiger partial charge is 0.243 e. The molecular formula is C14H18N2O4S. The Hall–Kier alpha value is -1.60. The summed E-state index contributed by atoms with van der Waals surface area (Å²) in [5, 5.41) is 2.71. The van der Waals surface area contributed by atoms with Crippen LogP contribution in [0.25, 0.3) is 0 Å². The number of ether oxygens (including phenoxy) is 1. The van der Waals surface area contributed by atoms with Crippen LogP contribution in [0.4, 0.5) is 0 Å². The number of nitrogens with zero attached hydrogens (tertiary/aromatic N) is 1. The van der Waals surface area contributed by atoms with Crippen LogP contribution in [-0.4, -0.2) is 44.4 Å². The molecule has 1 amide bonds. The van der Waals surface area contributed by atoms with E-state index in [1.54, 1.807) is 18.2 Å². The van der Waals surface area contributed by atoms with Gasteiger partial charge in [0.05, 0.1) is 11.5 Å². The lowest BCUT2D eigenvalue weighted by atomic mass is 10.2. The van der Waals surface area contributed by atoms with Crippen LogP contribution in [0.15, 0.2) is 23.1 Å². The van der Waals surface area contributed by atoms with Crippen molar-refractivity contribution in [1.82, 2.24) is 9.62 Å². The second-order valence-electron chi connectivity index (χ2n) is 5.20. The topological polar surface area (TPSA) is 75.7 Å². The van der Waals surface area contributed by atoms with Gasteiger partial charge in [-0.2, -0.15) is 4.31 Å². The van der Waals surface area contributed by atoms with Crippen LogP contribution >= 0.6 is 0 Å². The zero-order chi connectivity index (χ0) is 15.0. The van der Waals surface area contributed by atoms with Crippen molar-refractivity contribution in [3.8, 4) is 5.75 Å². The summed E-state index contributed by atoms with van der Waals surface area (Å²) in [5.74, 6) is 0.522. The number of benzene rings is 1. The normalized spacial score (nSPS) is 22.5. The van der Waals surface area contributed by atoms with Crippen molar-refractivity contribution < 1.29 is 17.9 Å². The van der Waals surface area contributed by atoms with Crippen molar-refractivity contribution in [2.24, 2.45) is 0 Å². The second-order valence-corrected chi connectivity index (χ2v) is 7.09. The molecule has 1 N–H and O–H groups in total. The fraction of sp³-hybridized carbons (Fsp3) is 0.500. The maximum atomic E-state index is 12.8. The first kappa shape index (κ1) is 14.3. The SMILES string of the molecule is CCC1C(=O)NCCN1S(=O)(=O)c1ccc2c(c1)CCO2. The predicted octanol–water partition coefficient (Wildman–Crippen LogP) is 0.521. The zero-order valence-electron chi connectivity index (χ0n) is 11.8. The number of rotatable bonds is 3. The molecule has 0 bridgehead atoms. The number of fused-ring (bicyclic) bond motifs is 1. The van der Waals surface area contributed by atoms with Gasteiger partial charge in [0, 0.05) is 19.5 Å². The molecule has 3 rings (SSSR count). The third-order valence-corrected chi connectivity index (χ3v) is 5.84. The highest BCUT2D eigenvalue weighted by Crippen LogP contribution is 2.30. The molecule has 0 radical (unpaired) electrons. The first-order chi connectivity index (χ1) is 10.0. The molecular weight excluding hydrogens is 292 g/mol. The first-order valence-electron chi connectivity index (χ1n) is 7.09. The average molecular weight is 310 g/mol. The Morgan fingerprint density at radius 3 is 3.00 bits per heavy atom. The number of carbonyl (C=O) groups excluding carboxylic acids is 1. The Morgan fingerprint density at radius 1 is 1.43 bits per heavy atom. The number of hydrogen-bond acceptors (Lipinski definition) is 4. The molecule has 1 fully saturated rings. The van der Waals surface area contributed by atoms with Crippen molar-refractivity contribution >= 4 is 15.9 Å². The minimum absolute atomic E-state index is 0.225. The average Bonchev–Trinajstić information content (AvgIpc) is 2.94. The van der Waals surface area contributed by atoms with E-state index in [1.807, 2.05) is 6.92 Å². The molecule has 1 unspecified atom stereocenters. The van der Waals surface area contributed by atoms with E-state index in [1.165, 1.54) is 4.31 Å². The summed E-state index contributed by atoms with van der Waals surface area (Å²) in [6.45, 7) is 3.06. The van der Waals surface area contributed by atoms with Crippen LogP contribution in [0, 0.1) is 0 Å². The predicted molar refractivity (Wildman–Crippen MR) is 76.6 cm³/mol.